The van der Waals surface area contributed by atoms with Gasteiger partial charge in [0, 0.05) is 30.1 Å². The Kier molecular flexibility index (Phi) is 8.21. The van der Waals surface area contributed by atoms with Crippen LogP contribution in [0.25, 0.3) is 11.1 Å². The van der Waals surface area contributed by atoms with Crippen molar-refractivity contribution in [3.05, 3.63) is 106 Å². The van der Waals surface area contributed by atoms with Crippen LogP contribution in [0, 0.1) is 19.7 Å². The largest absolute Gasteiger partial charge is 0.480 e. The number of nitrogens with zero attached hydrogens (tertiary/aromatic N) is 1. The molecule has 0 aliphatic heterocycles. The Balaban J connectivity index is 1.41. The Morgan fingerprint density at radius 2 is 1.82 bits per heavy atom. The molecule has 2 heterocycles. The van der Waals surface area contributed by atoms with Crippen molar-refractivity contribution in [2.45, 2.75) is 46.2 Å². The third-order valence-corrected chi connectivity index (χ3v) is 6.44. The minimum Gasteiger partial charge on any atom is -0.480 e. The number of carbonyl (C=O) groups is 2. The summed E-state index contributed by atoms with van der Waals surface area (Å²) in [4.78, 5) is 32.5. The molecule has 0 aliphatic carbocycles. The van der Waals surface area contributed by atoms with Crippen molar-refractivity contribution in [2.24, 2.45) is 0 Å². The van der Waals surface area contributed by atoms with E-state index in [1.165, 1.54) is 12.1 Å². The lowest BCUT2D eigenvalue weighted by Crippen LogP contribution is -2.42. The van der Waals surface area contributed by atoms with Gasteiger partial charge in [0.15, 0.2) is 0 Å². The second kappa shape index (κ2) is 11.7. The number of benzene rings is 2. The van der Waals surface area contributed by atoms with E-state index in [1.807, 2.05) is 56.4 Å². The van der Waals surface area contributed by atoms with Crippen molar-refractivity contribution in [1.29, 1.82) is 0 Å². The Bertz CT molecular complexity index is 1450. The summed E-state index contributed by atoms with van der Waals surface area (Å²) in [5, 5.41) is 15.7. The number of hydrogen-bond donors (Lipinski definition) is 4. The number of aliphatic carboxylic acids is 1. The number of halogens is 1. The van der Waals surface area contributed by atoms with Crippen molar-refractivity contribution < 1.29 is 19.1 Å². The first-order valence-corrected chi connectivity index (χ1v) is 12.5. The van der Waals surface area contributed by atoms with Crippen molar-refractivity contribution in [3.63, 3.8) is 0 Å². The molecule has 1 amide bonds. The number of pyridine rings is 1. The van der Waals surface area contributed by atoms with Gasteiger partial charge in [0.2, 0.25) is 0 Å². The molecule has 4 rings (SSSR count). The summed E-state index contributed by atoms with van der Waals surface area (Å²) in [5.74, 6) is -1.25. The first-order valence-electron chi connectivity index (χ1n) is 12.5. The maximum absolute atomic E-state index is 13.8. The highest BCUT2D eigenvalue weighted by atomic mass is 19.1. The Hall–Kier alpha value is -4.46. The molecule has 4 N–H and O–H groups in total. The number of nitrogens with one attached hydrogen (secondary N) is 3. The number of amides is 1. The van der Waals surface area contributed by atoms with E-state index in [0.29, 0.717) is 29.7 Å². The van der Waals surface area contributed by atoms with Gasteiger partial charge >= 0.3 is 5.97 Å². The third kappa shape index (κ3) is 6.45. The maximum Gasteiger partial charge on any atom is 0.326 e. The number of carbonyl (C=O) groups excluding carboxylic acids is 1. The molecule has 0 aliphatic rings. The molecule has 0 radical (unpaired) electrons. The van der Waals surface area contributed by atoms with Gasteiger partial charge in [-0.3, -0.25) is 4.79 Å². The number of H-pyrrole nitrogens is 1. The van der Waals surface area contributed by atoms with Crippen LogP contribution in [0.2, 0.25) is 0 Å². The molecule has 0 spiro atoms. The number of aryl methyl sites for hydroxylation is 3. The standard InChI is InChI=1S/C30H31FN4O3/c1-4-21-14-24(31)12-19(3)28(21)29(36)35-26(30(37)38)13-20-5-7-22(8-6-20)23-15-25(33-16-23)17-34-27-11-18(2)9-10-32-27/h5-12,14-16,26,33H,4,13,17H2,1-3H3,(H,32,34)(H,35,36)(H,37,38). The SMILES string of the molecule is CCc1cc(F)cc(C)c1C(=O)NC(Cc1ccc(-c2c[nH]c(CNc3cc(C)ccn3)c2)cc1)C(=O)O. The number of aromatic amines is 1. The summed E-state index contributed by atoms with van der Waals surface area (Å²) in [5.41, 5.74) is 6.25. The molecule has 0 bridgehead atoms. The highest BCUT2D eigenvalue weighted by molar-refractivity contribution is 5.99. The fourth-order valence-corrected chi connectivity index (χ4v) is 4.44. The topological polar surface area (TPSA) is 107 Å². The molecule has 0 saturated carbocycles. The molecule has 0 saturated heterocycles. The highest BCUT2D eigenvalue weighted by Crippen LogP contribution is 2.22. The van der Waals surface area contributed by atoms with Crippen molar-refractivity contribution in [3.8, 4) is 11.1 Å². The first kappa shape index (κ1) is 26.6. The zero-order valence-corrected chi connectivity index (χ0v) is 21.6. The minimum atomic E-state index is -1.13. The lowest BCUT2D eigenvalue weighted by molar-refractivity contribution is -0.139. The summed E-state index contributed by atoms with van der Waals surface area (Å²) < 4.78 is 13.8. The van der Waals surface area contributed by atoms with Gasteiger partial charge in [-0.1, -0.05) is 31.2 Å². The number of aromatic nitrogens is 2. The van der Waals surface area contributed by atoms with Gasteiger partial charge < -0.3 is 20.7 Å². The molecule has 0 fully saturated rings. The predicted octanol–water partition coefficient (Wildman–Crippen LogP) is 5.43. The molecular formula is C30H31FN4O3. The van der Waals surface area contributed by atoms with E-state index in [-0.39, 0.29) is 6.42 Å². The number of rotatable bonds is 10. The van der Waals surface area contributed by atoms with Gasteiger partial charge in [-0.2, -0.15) is 0 Å². The van der Waals surface area contributed by atoms with Crippen molar-refractivity contribution in [2.75, 3.05) is 5.32 Å². The number of carboxylic acids is 1. The second-order valence-corrected chi connectivity index (χ2v) is 9.36. The van der Waals surface area contributed by atoms with E-state index in [9.17, 15) is 19.1 Å². The van der Waals surface area contributed by atoms with Gasteiger partial charge in [0.05, 0.1) is 6.54 Å². The van der Waals surface area contributed by atoms with Crippen LogP contribution in [0.3, 0.4) is 0 Å². The molecule has 1 atom stereocenters. The lowest BCUT2D eigenvalue weighted by Gasteiger charge is -2.17. The van der Waals surface area contributed by atoms with Crippen LogP contribution in [-0.2, 0) is 24.2 Å². The molecule has 1 unspecified atom stereocenters. The highest BCUT2D eigenvalue weighted by Gasteiger charge is 2.24. The fourth-order valence-electron chi connectivity index (χ4n) is 4.44. The van der Waals surface area contributed by atoms with E-state index in [1.54, 1.807) is 13.1 Å². The first-order chi connectivity index (χ1) is 18.2. The van der Waals surface area contributed by atoms with Crippen LogP contribution in [0.15, 0.2) is 67.0 Å². The second-order valence-electron chi connectivity index (χ2n) is 9.36. The zero-order valence-electron chi connectivity index (χ0n) is 21.6. The van der Waals surface area contributed by atoms with E-state index in [4.69, 9.17) is 0 Å². The Morgan fingerprint density at radius 1 is 1.05 bits per heavy atom. The van der Waals surface area contributed by atoms with Gasteiger partial charge in [-0.05, 0) is 84.0 Å². The predicted molar refractivity (Wildman–Crippen MR) is 146 cm³/mol. The van der Waals surface area contributed by atoms with E-state index >= 15 is 0 Å². The van der Waals surface area contributed by atoms with E-state index in [0.717, 1.165) is 33.8 Å². The van der Waals surface area contributed by atoms with Gasteiger partial charge in [0.1, 0.15) is 17.7 Å². The Labute approximate surface area is 221 Å². The molecule has 7 nitrogen and oxygen atoms in total. The molecule has 8 heteroatoms. The van der Waals surface area contributed by atoms with Crippen LogP contribution < -0.4 is 10.6 Å². The number of carboxylic acid groups (broad SMARTS) is 1. The molecule has 38 heavy (non-hydrogen) atoms. The fraction of sp³-hybridized carbons (Fsp3) is 0.233. The van der Waals surface area contributed by atoms with Crippen molar-refractivity contribution in [1.82, 2.24) is 15.3 Å². The average molecular weight is 515 g/mol. The van der Waals surface area contributed by atoms with Gasteiger partial charge in [-0.15, -0.1) is 0 Å². The smallest absolute Gasteiger partial charge is 0.326 e. The van der Waals surface area contributed by atoms with E-state index < -0.39 is 23.7 Å². The summed E-state index contributed by atoms with van der Waals surface area (Å²) in [6.07, 6.45) is 4.27. The molecular weight excluding hydrogens is 483 g/mol. The van der Waals surface area contributed by atoms with Crippen LogP contribution in [0.5, 0.6) is 0 Å². The third-order valence-electron chi connectivity index (χ3n) is 6.44. The molecule has 196 valence electrons. The Morgan fingerprint density at radius 3 is 2.50 bits per heavy atom. The van der Waals surface area contributed by atoms with E-state index in [2.05, 4.69) is 26.7 Å². The lowest BCUT2D eigenvalue weighted by atomic mass is 9.97. The summed E-state index contributed by atoms with van der Waals surface area (Å²) in [7, 11) is 0. The summed E-state index contributed by atoms with van der Waals surface area (Å²) in [6.45, 7) is 6.09. The molecule has 4 aromatic rings. The summed E-state index contributed by atoms with van der Waals surface area (Å²) in [6, 6.07) is 15.0. The van der Waals surface area contributed by atoms with Crippen LogP contribution in [0.4, 0.5) is 10.2 Å². The number of hydrogen-bond acceptors (Lipinski definition) is 4. The number of anilines is 1. The normalized spacial score (nSPS) is 11.7. The molecule has 2 aromatic carbocycles. The van der Waals surface area contributed by atoms with Crippen LogP contribution in [-0.4, -0.2) is 33.0 Å². The van der Waals surface area contributed by atoms with Crippen LogP contribution >= 0.6 is 0 Å². The quantitative estimate of drug-likeness (QED) is 0.226. The molecule has 2 aromatic heterocycles. The van der Waals surface area contributed by atoms with Crippen molar-refractivity contribution >= 4 is 17.7 Å². The maximum atomic E-state index is 13.8. The monoisotopic (exact) mass is 514 g/mol. The zero-order chi connectivity index (χ0) is 27.2. The summed E-state index contributed by atoms with van der Waals surface area (Å²) >= 11 is 0. The van der Waals surface area contributed by atoms with Gasteiger partial charge in [0.25, 0.3) is 5.91 Å². The average Bonchev–Trinajstić information content (AvgIpc) is 3.36. The van der Waals surface area contributed by atoms with Gasteiger partial charge in [-0.25, -0.2) is 14.2 Å². The minimum absolute atomic E-state index is 0.120. The van der Waals surface area contributed by atoms with Crippen LogP contribution in [0.1, 0.15) is 45.2 Å².